The molecule has 8 aromatic rings. The molecule has 2 aromatic heterocycles. The van der Waals surface area contributed by atoms with Crippen molar-refractivity contribution in [2.75, 3.05) is 0 Å². The summed E-state index contributed by atoms with van der Waals surface area (Å²) >= 11 is 5.78. The molecule has 3 heteroatoms. The Morgan fingerprint density at radius 3 is 1.38 bits per heavy atom. The van der Waals surface area contributed by atoms with Gasteiger partial charge in [-0.3, -0.25) is 4.98 Å². The van der Waals surface area contributed by atoms with Crippen LogP contribution in [0.25, 0.3) is 55.8 Å². The van der Waals surface area contributed by atoms with Gasteiger partial charge in [-0.1, -0.05) is 199 Å². The largest absolute Gasteiger partial charge is 0.256 e. The third-order valence-electron chi connectivity index (χ3n) is 11.3. The average molecular weight is 777 g/mol. The maximum Gasteiger partial charge on any atom is 0.129 e. The Kier molecular flexibility index (Phi) is 12.3. The van der Waals surface area contributed by atoms with Gasteiger partial charge in [-0.15, -0.1) is 0 Å². The van der Waals surface area contributed by atoms with Crippen molar-refractivity contribution >= 4 is 11.6 Å². The molecule has 10 rings (SSSR count). The molecule has 0 amide bonds. The second-order valence-corrected chi connectivity index (χ2v) is 16.1. The maximum absolute atomic E-state index is 5.78. The number of pyridine rings is 2. The predicted octanol–water partition coefficient (Wildman–Crippen LogP) is 15.7. The fourth-order valence-electron chi connectivity index (χ4n) is 8.29. The van der Waals surface area contributed by atoms with E-state index in [0.29, 0.717) is 5.15 Å². The van der Waals surface area contributed by atoms with Crippen molar-refractivity contribution in [1.29, 1.82) is 0 Å². The lowest BCUT2D eigenvalue weighted by Gasteiger charge is -2.21. The van der Waals surface area contributed by atoms with Crippen LogP contribution in [-0.4, -0.2) is 9.97 Å². The van der Waals surface area contributed by atoms with Crippen LogP contribution in [0.4, 0.5) is 0 Å². The summed E-state index contributed by atoms with van der Waals surface area (Å²) in [5.74, 6) is 0. The lowest BCUT2D eigenvalue weighted by Crippen LogP contribution is -2.14. The summed E-state index contributed by atoms with van der Waals surface area (Å²) in [5, 5.41) is 0.529. The van der Waals surface area contributed by atoms with Gasteiger partial charge in [0.2, 0.25) is 0 Å². The van der Waals surface area contributed by atoms with Gasteiger partial charge in [-0.25, -0.2) is 4.98 Å². The first-order valence-corrected chi connectivity index (χ1v) is 19.6. The number of hydrogen-bond donors (Lipinski definition) is 0. The minimum Gasteiger partial charge on any atom is -0.256 e. The van der Waals surface area contributed by atoms with Crippen LogP contribution >= 0.6 is 11.6 Å². The Bertz CT molecular complexity index is 2660. The number of benzene rings is 6. The number of rotatable bonds is 3. The van der Waals surface area contributed by atoms with E-state index in [1.807, 2.05) is 54.7 Å². The standard InChI is InChI=1S/C26H21N.C16H16.C11H8ClN.2CH4/c1-26(2)23-11-7-6-10-21(23)22-13-12-20(16-24(22)26)25-17-19(14-15-27-25)18-8-4-3-5-9-18;1-11-8-9-13-12-6-4-5-7-14(12)16(2,3)15(13)10-11;12-11-8-10(6-7-13-11)9-4-2-1-3-5-9;;/h3-17H,1-2H3;4-10H,1-3H3;1-8H;2*1H4. The molecule has 0 fully saturated rings. The summed E-state index contributed by atoms with van der Waals surface area (Å²) in [6, 6.07) is 59.7. The highest BCUT2D eigenvalue weighted by atomic mass is 35.5. The van der Waals surface area contributed by atoms with Gasteiger partial charge in [0.05, 0.1) is 5.69 Å². The highest BCUT2D eigenvalue weighted by Gasteiger charge is 2.36. The van der Waals surface area contributed by atoms with Crippen LogP contribution in [0, 0.1) is 6.92 Å². The van der Waals surface area contributed by atoms with Crippen molar-refractivity contribution in [1.82, 2.24) is 9.97 Å². The van der Waals surface area contributed by atoms with Crippen LogP contribution in [0.1, 0.15) is 70.4 Å². The zero-order chi connectivity index (χ0) is 38.9. The van der Waals surface area contributed by atoms with Gasteiger partial charge >= 0.3 is 0 Å². The number of halogens is 1. The first-order chi connectivity index (χ1) is 27.1. The quantitative estimate of drug-likeness (QED) is 0.167. The van der Waals surface area contributed by atoms with E-state index in [0.717, 1.165) is 16.8 Å². The molecule has 0 bridgehead atoms. The monoisotopic (exact) mass is 776 g/mol. The fraction of sp³-hybridized carbons (Fsp3) is 0.164. The van der Waals surface area contributed by atoms with Crippen molar-refractivity contribution in [3.8, 4) is 55.8 Å². The van der Waals surface area contributed by atoms with Crippen molar-refractivity contribution < 1.29 is 0 Å². The summed E-state index contributed by atoms with van der Waals surface area (Å²) in [4.78, 5) is 8.59. The Morgan fingerprint density at radius 2 is 0.828 bits per heavy atom. The highest BCUT2D eigenvalue weighted by Crippen LogP contribution is 2.50. The molecule has 290 valence electrons. The van der Waals surface area contributed by atoms with Crippen LogP contribution in [-0.2, 0) is 10.8 Å². The molecule has 2 aliphatic rings. The van der Waals surface area contributed by atoms with E-state index in [9.17, 15) is 0 Å². The molecule has 0 saturated heterocycles. The first-order valence-electron chi connectivity index (χ1n) is 19.3. The topological polar surface area (TPSA) is 25.8 Å². The van der Waals surface area contributed by atoms with E-state index in [1.54, 1.807) is 6.20 Å². The lowest BCUT2D eigenvalue weighted by molar-refractivity contribution is 0.660. The van der Waals surface area contributed by atoms with Crippen molar-refractivity contribution in [3.05, 3.63) is 215 Å². The van der Waals surface area contributed by atoms with Gasteiger partial charge in [-0.05, 0) is 104 Å². The molecular formula is C55H53ClN2. The molecular weight excluding hydrogens is 724 g/mol. The van der Waals surface area contributed by atoms with Gasteiger partial charge in [0.1, 0.15) is 5.15 Å². The number of fused-ring (bicyclic) bond motifs is 6. The summed E-state index contributed by atoms with van der Waals surface area (Å²) in [6.45, 7) is 11.4. The van der Waals surface area contributed by atoms with Gasteiger partial charge < -0.3 is 0 Å². The molecule has 0 saturated carbocycles. The van der Waals surface area contributed by atoms with Crippen molar-refractivity contribution in [2.24, 2.45) is 0 Å². The third-order valence-corrected chi connectivity index (χ3v) is 11.5. The van der Waals surface area contributed by atoms with E-state index in [1.165, 1.54) is 66.8 Å². The Hall–Kier alpha value is -6.09. The van der Waals surface area contributed by atoms with Gasteiger partial charge in [0, 0.05) is 28.8 Å². The van der Waals surface area contributed by atoms with E-state index in [2.05, 4.69) is 166 Å². The molecule has 0 aliphatic heterocycles. The molecule has 0 radical (unpaired) electrons. The molecule has 2 heterocycles. The Morgan fingerprint density at radius 1 is 0.379 bits per heavy atom. The minimum atomic E-state index is 0. The first kappa shape index (κ1) is 41.5. The molecule has 0 N–H and O–H groups in total. The summed E-state index contributed by atoms with van der Waals surface area (Å²) in [7, 11) is 0. The second-order valence-electron chi connectivity index (χ2n) is 15.7. The van der Waals surface area contributed by atoms with E-state index >= 15 is 0 Å². The maximum atomic E-state index is 5.78. The van der Waals surface area contributed by atoms with Gasteiger partial charge in [0.15, 0.2) is 0 Å². The predicted molar refractivity (Wildman–Crippen MR) is 250 cm³/mol. The van der Waals surface area contributed by atoms with Crippen molar-refractivity contribution in [3.63, 3.8) is 0 Å². The summed E-state index contributed by atoms with van der Waals surface area (Å²) in [5.41, 5.74) is 19.6. The van der Waals surface area contributed by atoms with E-state index < -0.39 is 0 Å². The number of aromatic nitrogens is 2. The molecule has 0 unspecified atom stereocenters. The van der Waals surface area contributed by atoms with Crippen LogP contribution in [0.5, 0.6) is 0 Å². The number of nitrogens with zero attached hydrogens (tertiary/aromatic N) is 2. The Labute approximate surface area is 351 Å². The number of aryl methyl sites for hydroxylation is 1. The van der Waals surface area contributed by atoms with Crippen LogP contribution in [0.15, 0.2) is 182 Å². The SMILES string of the molecule is C.C.CC1(C)c2ccccc2-c2ccc(-c3cc(-c4ccccc4)ccn3)cc21.Cc1ccc2c(c1)C(C)(C)c1ccccc1-2.Clc1cc(-c2ccccc2)ccn1. The fourth-order valence-corrected chi connectivity index (χ4v) is 8.47. The molecule has 0 atom stereocenters. The van der Waals surface area contributed by atoms with Crippen LogP contribution in [0.2, 0.25) is 5.15 Å². The van der Waals surface area contributed by atoms with Crippen LogP contribution in [0.3, 0.4) is 0 Å². The summed E-state index contributed by atoms with van der Waals surface area (Å²) < 4.78 is 0. The Balaban J connectivity index is 0.000000157. The highest BCUT2D eigenvalue weighted by molar-refractivity contribution is 6.29. The van der Waals surface area contributed by atoms with Crippen molar-refractivity contribution in [2.45, 2.75) is 60.3 Å². The minimum absolute atomic E-state index is 0. The second kappa shape index (κ2) is 17.2. The smallest absolute Gasteiger partial charge is 0.129 e. The normalized spacial score (nSPS) is 13.0. The molecule has 58 heavy (non-hydrogen) atoms. The molecule has 6 aromatic carbocycles. The lowest BCUT2D eigenvalue weighted by atomic mass is 9.82. The van der Waals surface area contributed by atoms with Gasteiger partial charge in [-0.2, -0.15) is 0 Å². The van der Waals surface area contributed by atoms with E-state index in [-0.39, 0.29) is 25.7 Å². The average Bonchev–Trinajstić information content (AvgIpc) is 3.61. The van der Waals surface area contributed by atoms with E-state index in [4.69, 9.17) is 11.6 Å². The molecule has 0 spiro atoms. The number of hydrogen-bond acceptors (Lipinski definition) is 2. The molecule has 2 aliphatic carbocycles. The third kappa shape index (κ3) is 8.03. The van der Waals surface area contributed by atoms with Gasteiger partial charge in [0.25, 0.3) is 0 Å². The molecule has 2 nitrogen and oxygen atoms in total. The zero-order valence-electron chi connectivity index (χ0n) is 32.6. The zero-order valence-corrected chi connectivity index (χ0v) is 33.3. The van der Waals surface area contributed by atoms with Crippen LogP contribution < -0.4 is 0 Å². The summed E-state index contributed by atoms with van der Waals surface area (Å²) in [6.07, 6.45) is 3.62.